The fourth-order valence-corrected chi connectivity index (χ4v) is 4.64. The number of thioether (sulfide) groups is 1. The lowest BCUT2D eigenvalue weighted by molar-refractivity contribution is -0.384. The smallest absolute Gasteiger partial charge is 0.271 e. The Labute approximate surface area is 206 Å². The number of aliphatic imine (C=N–C) groups is 1. The van der Waals surface area contributed by atoms with Crippen molar-refractivity contribution in [2.45, 2.75) is 18.2 Å². The van der Waals surface area contributed by atoms with E-state index >= 15 is 0 Å². The van der Waals surface area contributed by atoms with E-state index in [1.54, 1.807) is 42.3 Å². The molecule has 35 heavy (non-hydrogen) atoms. The molecule has 1 fully saturated rings. The number of methoxy groups -OCH3 is 1. The van der Waals surface area contributed by atoms with E-state index in [1.165, 1.54) is 30.0 Å². The summed E-state index contributed by atoms with van der Waals surface area (Å²) in [6.45, 7) is 0.324. The minimum absolute atomic E-state index is 0.0981. The first-order valence-electron chi connectivity index (χ1n) is 10.7. The number of nitro benzene ring substituents is 1. The van der Waals surface area contributed by atoms with Crippen molar-refractivity contribution in [1.82, 2.24) is 4.90 Å². The molecule has 0 unspecified atom stereocenters. The van der Waals surface area contributed by atoms with Crippen LogP contribution in [0.1, 0.15) is 12.0 Å². The summed E-state index contributed by atoms with van der Waals surface area (Å²) in [5.41, 5.74) is 1.76. The first kappa shape index (κ1) is 24.0. The SMILES string of the molecule is COc1ccc(N=C2S[C@@H](CC(=O)Nc3cccc([N+](=O)[O-])c3)C(=O)N2Cc2ccccc2)cc1. The molecule has 0 saturated carbocycles. The van der Waals surface area contributed by atoms with Crippen LogP contribution in [0.15, 0.2) is 83.9 Å². The summed E-state index contributed by atoms with van der Waals surface area (Å²) >= 11 is 1.22. The van der Waals surface area contributed by atoms with Gasteiger partial charge in [0, 0.05) is 24.2 Å². The van der Waals surface area contributed by atoms with E-state index in [2.05, 4.69) is 10.3 Å². The van der Waals surface area contributed by atoms with Crippen LogP contribution in [0.4, 0.5) is 17.1 Å². The Morgan fingerprint density at radius 2 is 1.86 bits per heavy atom. The zero-order chi connectivity index (χ0) is 24.8. The lowest BCUT2D eigenvalue weighted by Crippen LogP contribution is -2.33. The molecule has 1 aliphatic rings. The standard InChI is InChI=1S/C25H22N4O5S/c1-34-21-12-10-18(11-13-21)27-25-28(16-17-6-3-2-4-7-17)24(31)22(35-25)15-23(30)26-19-8-5-9-20(14-19)29(32)33/h2-14,22H,15-16H2,1H3,(H,26,30)/t22-/m0/s1. The van der Waals surface area contributed by atoms with Gasteiger partial charge in [-0.2, -0.15) is 0 Å². The van der Waals surface area contributed by atoms with Gasteiger partial charge in [0.2, 0.25) is 11.8 Å². The lowest BCUT2D eigenvalue weighted by Gasteiger charge is -2.16. The lowest BCUT2D eigenvalue weighted by atomic mass is 10.2. The maximum atomic E-state index is 13.3. The van der Waals surface area contributed by atoms with Crippen LogP contribution in [0.2, 0.25) is 0 Å². The Morgan fingerprint density at radius 3 is 2.54 bits per heavy atom. The molecule has 10 heteroatoms. The van der Waals surface area contributed by atoms with Gasteiger partial charge in [0.25, 0.3) is 5.69 Å². The molecule has 0 spiro atoms. The number of nitrogens with zero attached hydrogens (tertiary/aromatic N) is 3. The third kappa shape index (κ3) is 6.04. The topological polar surface area (TPSA) is 114 Å². The number of non-ortho nitro benzene ring substituents is 1. The molecule has 1 saturated heterocycles. The van der Waals surface area contributed by atoms with E-state index < -0.39 is 16.1 Å². The maximum absolute atomic E-state index is 13.3. The Morgan fingerprint density at radius 1 is 1.11 bits per heavy atom. The van der Waals surface area contributed by atoms with Gasteiger partial charge < -0.3 is 10.1 Å². The molecule has 0 aliphatic carbocycles. The van der Waals surface area contributed by atoms with Gasteiger partial charge in [-0.05, 0) is 35.9 Å². The van der Waals surface area contributed by atoms with Gasteiger partial charge in [-0.25, -0.2) is 4.99 Å². The monoisotopic (exact) mass is 490 g/mol. The van der Waals surface area contributed by atoms with E-state index in [4.69, 9.17) is 4.74 Å². The van der Waals surface area contributed by atoms with Crippen molar-refractivity contribution < 1.29 is 19.2 Å². The molecule has 2 amide bonds. The summed E-state index contributed by atoms with van der Waals surface area (Å²) in [5, 5.41) is 13.5. The Hall–Kier alpha value is -4.18. The Bertz CT molecular complexity index is 1260. The zero-order valence-corrected chi connectivity index (χ0v) is 19.6. The highest BCUT2D eigenvalue weighted by Gasteiger charge is 2.39. The summed E-state index contributed by atoms with van der Waals surface area (Å²) in [6.07, 6.45) is -0.0981. The number of hydrogen-bond donors (Lipinski definition) is 1. The highest BCUT2D eigenvalue weighted by molar-refractivity contribution is 8.15. The molecule has 0 radical (unpaired) electrons. The average molecular weight is 491 g/mol. The number of carbonyl (C=O) groups excluding carboxylic acids is 2. The average Bonchev–Trinajstić information content (AvgIpc) is 3.14. The third-order valence-electron chi connectivity index (χ3n) is 5.21. The van der Waals surface area contributed by atoms with E-state index in [-0.39, 0.29) is 18.0 Å². The molecule has 3 aromatic carbocycles. The van der Waals surface area contributed by atoms with E-state index in [0.717, 1.165) is 5.56 Å². The second-order valence-corrected chi connectivity index (χ2v) is 8.84. The van der Waals surface area contributed by atoms with Gasteiger partial charge in [-0.1, -0.05) is 48.2 Å². The van der Waals surface area contributed by atoms with Gasteiger partial charge >= 0.3 is 0 Å². The molecule has 1 aliphatic heterocycles. The number of amides is 2. The Balaban J connectivity index is 1.53. The van der Waals surface area contributed by atoms with Gasteiger partial charge in [0.15, 0.2) is 5.17 Å². The van der Waals surface area contributed by atoms with E-state index in [9.17, 15) is 19.7 Å². The molecule has 3 aromatic rings. The second-order valence-electron chi connectivity index (χ2n) is 7.67. The zero-order valence-electron chi connectivity index (χ0n) is 18.8. The molecule has 9 nitrogen and oxygen atoms in total. The second kappa shape index (κ2) is 10.8. The van der Waals surface area contributed by atoms with Gasteiger partial charge in [-0.3, -0.25) is 24.6 Å². The van der Waals surface area contributed by atoms with Crippen LogP contribution in [0, 0.1) is 10.1 Å². The van der Waals surface area contributed by atoms with Crippen molar-refractivity contribution in [3.63, 3.8) is 0 Å². The third-order valence-corrected chi connectivity index (χ3v) is 6.39. The normalized spacial score (nSPS) is 16.4. The fraction of sp³-hybridized carbons (Fsp3) is 0.160. The van der Waals surface area contributed by atoms with Crippen LogP contribution >= 0.6 is 11.8 Å². The summed E-state index contributed by atoms with van der Waals surface area (Å²) in [4.78, 5) is 42.6. The van der Waals surface area contributed by atoms with Crippen molar-refractivity contribution in [2.75, 3.05) is 12.4 Å². The number of carbonyl (C=O) groups is 2. The molecular formula is C25H22N4O5S. The molecule has 1 atom stereocenters. The highest BCUT2D eigenvalue weighted by atomic mass is 32.2. The van der Waals surface area contributed by atoms with Crippen LogP contribution in [0.3, 0.4) is 0 Å². The molecule has 1 N–H and O–H groups in total. The molecule has 0 aromatic heterocycles. The fourth-order valence-electron chi connectivity index (χ4n) is 3.48. The number of amidine groups is 1. The van der Waals surface area contributed by atoms with E-state index in [0.29, 0.717) is 28.8 Å². The van der Waals surface area contributed by atoms with Crippen molar-refractivity contribution in [1.29, 1.82) is 0 Å². The predicted octanol–water partition coefficient (Wildman–Crippen LogP) is 4.76. The molecule has 0 bridgehead atoms. The number of rotatable bonds is 8. The first-order valence-corrected chi connectivity index (χ1v) is 11.6. The molecule has 4 rings (SSSR count). The van der Waals surface area contributed by atoms with Gasteiger partial charge in [0.1, 0.15) is 11.0 Å². The van der Waals surface area contributed by atoms with Crippen LogP contribution in [-0.4, -0.2) is 39.2 Å². The highest BCUT2D eigenvalue weighted by Crippen LogP contribution is 2.33. The van der Waals surface area contributed by atoms with Gasteiger partial charge in [-0.15, -0.1) is 0 Å². The quantitative estimate of drug-likeness (QED) is 0.360. The van der Waals surface area contributed by atoms with Crippen LogP contribution in [-0.2, 0) is 16.1 Å². The number of benzene rings is 3. The molecule has 1 heterocycles. The maximum Gasteiger partial charge on any atom is 0.271 e. The molecular weight excluding hydrogens is 468 g/mol. The minimum atomic E-state index is -0.672. The Kier molecular flexibility index (Phi) is 7.41. The van der Waals surface area contributed by atoms with E-state index in [1.807, 2.05) is 30.3 Å². The van der Waals surface area contributed by atoms with Crippen molar-refractivity contribution >= 4 is 45.8 Å². The van der Waals surface area contributed by atoms with Gasteiger partial charge in [0.05, 0.1) is 24.3 Å². The van der Waals surface area contributed by atoms with Crippen molar-refractivity contribution in [3.8, 4) is 5.75 Å². The van der Waals surface area contributed by atoms with Crippen molar-refractivity contribution in [3.05, 3.63) is 94.5 Å². The summed E-state index contributed by atoms with van der Waals surface area (Å²) in [7, 11) is 1.58. The minimum Gasteiger partial charge on any atom is -0.497 e. The summed E-state index contributed by atoms with van der Waals surface area (Å²) < 4.78 is 5.19. The first-order chi connectivity index (χ1) is 16.9. The summed E-state index contributed by atoms with van der Waals surface area (Å²) in [5.74, 6) is 0.0583. The van der Waals surface area contributed by atoms with Crippen molar-refractivity contribution in [2.24, 2.45) is 4.99 Å². The number of ether oxygens (including phenoxy) is 1. The summed E-state index contributed by atoms with van der Waals surface area (Å²) in [6, 6.07) is 22.4. The number of hydrogen-bond acceptors (Lipinski definition) is 7. The van der Waals surface area contributed by atoms with Crippen LogP contribution in [0.5, 0.6) is 5.75 Å². The largest absolute Gasteiger partial charge is 0.497 e. The number of anilines is 1. The number of nitrogens with one attached hydrogen (secondary N) is 1. The predicted molar refractivity (Wildman–Crippen MR) is 135 cm³/mol. The van der Waals surface area contributed by atoms with Crippen LogP contribution in [0.25, 0.3) is 0 Å². The van der Waals surface area contributed by atoms with Crippen LogP contribution < -0.4 is 10.1 Å². The molecule has 178 valence electrons. The number of nitro groups is 1.